The van der Waals surface area contributed by atoms with Crippen molar-refractivity contribution in [3.63, 3.8) is 0 Å². The number of phenols is 1. The summed E-state index contributed by atoms with van der Waals surface area (Å²) in [6.45, 7) is 0.326. The van der Waals surface area contributed by atoms with Crippen molar-refractivity contribution in [3.8, 4) is 5.75 Å². The van der Waals surface area contributed by atoms with Crippen LogP contribution in [0.25, 0.3) is 0 Å². The summed E-state index contributed by atoms with van der Waals surface area (Å²) < 4.78 is 0.220. The Morgan fingerprint density at radius 1 is 1.53 bits per heavy atom. The standard InChI is InChI=1S/C11H11BrN2O5/c12-7-1-5(3-9(10(7)15)14(18)19)8-2-6(4-13-8)11(16)17/h1,3,6,8,13,15H,2,4H2,(H,16,17). The molecular formula is C11H11BrN2O5. The van der Waals surface area contributed by atoms with Gasteiger partial charge < -0.3 is 15.5 Å². The van der Waals surface area contributed by atoms with Gasteiger partial charge in [0, 0.05) is 18.7 Å². The van der Waals surface area contributed by atoms with E-state index in [4.69, 9.17) is 5.11 Å². The second kappa shape index (κ2) is 5.14. The van der Waals surface area contributed by atoms with Gasteiger partial charge in [-0.05, 0) is 34.0 Å². The smallest absolute Gasteiger partial charge is 0.312 e. The maximum absolute atomic E-state index is 10.9. The largest absolute Gasteiger partial charge is 0.501 e. The zero-order chi connectivity index (χ0) is 14.2. The molecule has 2 unspecified atom stereocenters. The lowest BCUT2D eigenvalue weighted by Gasteiger charge is -2.11. The monoisotopic (exact) mass is 330 g/mol. The predicted octanol–water partition coefficient (Wildman–Crippen LogP) is 1.80. The summed E-state index contributed by atoms with van der Waals surface area (Å²) in [7, 11) is 0. The maximum atomic E-state index is 10.9. The molecule has 0 radical (unpaired) electrons. The molecule has 0 bridgehead atoms. The van der Waals surface area contributed by atoms with E-state index in [9.17, 15) is 20.0 Å². The first-order chi connectivity index (χ1) is 8.90. The predicted molar refractivity (Wildman–Crippen MR) is 68.9 cm³/mol. The summed E-state index contributed by atoms with van der Waals surface area (Å²) in [6, 6.07) is 2.56. The summed E-state index contributed by atoms with van der Waals surface area (Å²) in [6.07, 6.45) is 0.365. The molecule has 1 aromatic carbocycles. The Morgan fingerprint density at radius 3 is 2.74 bits per heavy atom. The molecule has 0 amide bonds. The molecule has 3 N–H and O–H groups in total. The number of carboxylic acid groups (broad SMARTS) is 1. The van der Waals surface area contributed by atoms with Crippen LogP contribution in [0.1, 0.15) is 18.0 Å². The SMILES string of the molecule is O=C(O)C1CNC(c2cc(Br)c(O)c([N+](=O)[O-])c2)C1. The molecule has 1 aromatic rings. The number of phenolic OH excluding ortho intramolecular Hbond substituents is 1. The van der Waals surface area contributed by atoms with Crippen molar-refractivity contribution >= 4 is 27.6 Å². The number of aliphatic carboxylic acids is 1. The highest BCUT2D eigenvalue weighted by Gasteiger charge is 2.31. The van der Waals surface area contributed by atoms with E-state index in [0.29, 0.717) is 18.5 Å². The maximum Gasteiger partial charge on any atom is 0.312 e. The molecule has 2 atom stereocenters. The molecule has 1 aliphatic heterocycles. The van der Waals surface area contributed by atoms with E-state index in [1.807, 2.05) is 0 Å². The summed E-state index contributed by atoms with van der Waals surface area (Å²) in [5.74, 6) is -1.82. The molecule has 102 valence electrons. The van der Waals surface area contributed by atoms with E-state index in [2.05, 4.69) is 21.2 Å². The van der Waals surface area contributed by atoms with Crippen molar-refractivity contribution in [1.82, 2.24) is 5.32 Å². The van der Waals surface area contributed by atoms with Gasteiger partial charge in [0.15, 0.2) is 0 Å². The van der Waals surface area contributed by atoms with E-state index < -0.39 is 28.2 Å². The van der Waals surface area contributed by atoms with Gasteiger partial charge in [-0.2, -0.15) is 0 Å². The Kier molecular flexibility index (Phi) is 3.72. The molecule has 0 spiro atoms. The molecule has 0 aliphatic carbocycles. The van der Waals surface area contributed by atoms with Gasteiger partial charge in [0.2, 0.25) is 5.75 Å². The average molecular weight is 331 g/mol. The summed E-state index contributed by atoms with van der Waals surface area (Å²) in [5.41, 5.74) is 0.185. The summed E-state index contributed by atoms with van der Waals surface area (Å²) in [4.78, 5) is 21.0. The van der Waals surface area contributed by atoms with Gasteiger partial charge >= 0.3 is 11.7 Å². The number of carboxylic acids is 1. The van der Waals surface area contributed by atoms with Gasteiger partial charge in [-0.1, -0.05) is 0 Å². The van der Waals surface area contributed by atoms with Crippen LogP contribution < -0.4 is 5.32 Å². The number of hydrogen-bond acceptors (Lipinski definition) is 5. The van der Waals surface area contributed by atoms with Gasteiger partial charge in [0.25, 0.3) is 0 Å². The van der Waals surface area contributed by atoms with E-state index in [1.165, 1.54) is 6.07 Å². The molecular weight excluding hydrogens is 320 g/mol. The van der Waals surface area contributed by atoms with Crippen LogP contribution in [0.2, 0.25) is 0 Å². The zero-order valence-corrected chi connectivity index (χ0v) is 11.3. The Labute approximate surface area is 116 Å². The second-order valence-corrected chi connectivity index (χ2v) is 5.21. The number of nitro groups is 1. The second-order valence-electron chi connectivity index (χ2n) is 4.36. The first-order valence-corrected chi connectivity index (χ1v) is 6.32. The van der Waals surface area contributed by atoms with Crippen molar-refractivity contribution in [2.45, 2.75) is 12.5 Å². The number of carbonyl (C=O) groups is 1. The van der Waals surface area contributed by atoms with Crippen LogP contribution in [-0.4, -0.2) is 27.7 Å². The summed E-state index contributed by atoms with van der Waals surface area (Å²) >= 11 is 3.06. The van der Waals surface area contributed by atoms with Crippen molar-refractivity contribution in [1.29, 1.82) is 0 Å². The Bertz CT molecular complexity index is 548. The lowest BCUT2D eigenvalue weighted by molar-refractivity contribution is -0.386. The molecule has 7 nitrogen and oxygen atoms in total. The van der Waals surface area contributed by atoms with Crippen LogP contribution >= 0.6 is 15.9 Å². The number of nitrogens with one attached hydrogen (secondary N) is 1. The van der Waals surface area contributed by atoms with Crippen LogP contribution in [0.3, 0.4) is 0 Å². The van der Waals surface area contributed by atoms with Crippen molar-refractivity contribution in [3.05, 3.63) is 32.3 Å². The topological polar surface area (TPSA) is 113 Å². The third kappa shape index (κ3) is 2.69. The first-order valence-electron chi connectivity index (χ1n) is 5.53. The molecule has 2 rings (SSSR count). The number of halogens is 1. The highest BCUT2D eigenvalue weighted by atomic mass is 79.9. The molecule has 8 heteroatoms. The van der Waals surface area contributed by atoms with E-state index in [1.54, 1.807) is 6.07 Å². The number of nitrogens with zero attached hydrogens (tertiary/aromatic N) is 1. The fourth-order valence-electron chi connectivity index (χ4n) is 2.12. The van der Waals surface area contributed by atoms with E-state index in [-0.39, 0.29) is 10.5 Å². The van der Waals surface area contributed by atoms with E-state index in [0.717, 1.165) is 0 Å². The van der Waals surface area contributed by atoms with Crippen LogP contribution in [0.4, 0.5) is 5.69 Å². The Morgan fingerprint density at radius 2 is 2.21 bits per heavy atom. The normalized spacial score (nSPS) is 22.4. The molecule has 19 heavy (non-hydrogen) atoms. The van der Waals surface area contributed by atoms with Gasteiger partial charge in [0.1, 0.15) is 0 Å². The van der Waals surface area contributed by atoms with Crippen molar-refractivity contribution < 1.29 is 19.9 Å². The van der Waals surface area contributed by atoms with Crippen LogP contribution in [0.5, 0.6) is 5.75 Å². The summed E-state index contributed by atoms with van der Waals surface area (Å²) in [5, 5.41) is 32.3. The van der Waals surface area contributed by atoms with Crippen molar-refractivity contribution in [2.24, 2.45) is 5.92 Å². The van der Waals surface area contributed by atoms with Crippen LogP contribution in [-0.2, 0) is 4.79 Å². The minimum absolute atomic E-state index is 0.220. The van der Waals surface area contributed by atoms with Gasteiger partial charge in [0.05, 0.1) is 15.3 Å². The third-order valence-electron chi connectivity index (χ3n) is 3.14. The molecule has 1 aliphatic rings. The minimum atomic E-state index is -0.887. The molecule has 1 saturated heterocycles. The van der Waals surface area contributed by atoms with Crippen LogP contribution in [0, 0.1) is 16.0 Å². The Balaban J connectivity index is 2.32. The lowest BCUT2D eigenvalue weighted by atomic mass is 9.99. The molecule has 0 saturated carbocycles. The van der Waals surface area contributed by atoms with E-state index >= 15 is 0 Å². The average Bonchev–Trinajstić information content (AvgIpc) is 2.81. The quantitative estimate of drug-likeness (QED) is 0.575. The molecule has 0 aromatic heterocycles. The third-order valence-corrected chi connectivity index (χ3v) is 3.75. The Hall–Kier alpha value is -1.67. The number of rotatable bonds is 3. The number of benzene rings is 1. The van der Waals surface area contributed by atoms with Crippen LogP contribution in [0.15, 0.2) is 16.6 Å². The zero-order valence-electron chi connectivity index (χ0n) is 9.67. The van der Waals surface area contributed by atoms with Gasteiger partial charge in [-0.3, -0.25) is 14.9 Å². The minimum Gasteiger partial charge on any atom is -0.501 e. The fourth-order valence-corrected chi connectivity index (χ4v) is 2.59. The number of hydrogen-bond donors (Lipinski definition) is 3. The highest BCUT2D eigenvalue weighted by Crippen LogP contribution is 2.38. The first kappa shape index (κ1) is 13.8. The van der Waals surface area contributed by atoms with Gasteiger partial charge in [-0.15, -0.1) is 0 Å². The number of nitro benzene ring substituents is 1. The van der Waals surface area contributed by atoms with Gasteiger partial charge in [-0.25, -0.2) is 0 Å². The number of aromatic hydroxyl groups is 1. The van der Waals surface area contributed by atoms with Crippen molar-refractivity contribution in [2.75, 3.05) is 6.54 Å². The molecule has 1 fully saturated rings. The lowest BCUT2D eigenvalue weighted by Crippen LogP contribution is -2.17. The fraction of sp³-hybridized carbons (Fsp3) is 0.364. The highest BCUT2D eigenvalue weighted by molar-refractivity contribution is 9.10. The molecule has 1 heterocycles.